The van der Waals surface area contributed by atoms with Crippen LogP contribution in [-0.2, 0) is 14.3 Å². The highest BCUT2D eigenvalue weighted by atomic mass is 35.5. The predicted molar refractivity (Wildman–Crippen MR) is 99.6 cm³/mol. The van der Waals surface area contributed by atoms with Crippen LogP contribution in [0.2, 0.25) is 5.02 Å². The van der Waals surface area contributed by atoms with Crippen LogP contribution in [0.1, 0.15) is 22.3 Å². The van der Waals surface area contributed by atoms with Crippen LogP contribution < -0.4 is 0 Å². The molecule has 138 valence electrons. The molecule has 0 saturated carbocycles. The molecular formula is C18H19ClN2O4S. The minimum Gasteiger partial charge on any atom is -0.448 e. The van der Waals surface area contributed by atoms with Crippen LogP contribution in [0, 0.1) is 6.92 Å². The van der Waals surface area contributed by atoms with Crippen molar-refractivity contribution in [2.24, 2.45) is 0 Å². The molecule has 1 saturated heterocycles. The second kappa shape index (κ2) is 8.16. The van der Waals surface area contributed by atoms with E-state index in [-0.39, 0.29) is 5.91 Å². The van der Waals surface area contributed by atoms with Crippen LogP contribution in [0.4, 0.5) is 0 Å². The summed E-state index contributed by atoms with van der Waals surface area (Å²) in [6.45, 7) is 5.38. The van der Waals surface area contributed by atoms with Gasteiger partial charge in [0.15, 0.2) is 6.10 Å². The maximum Gasteiger partial charge on any atom is 0.351 e. The van der Waals surface area contributed by atoms with E-state index >= 15 is 0 Å². The molecule has 2 aromatic rings. The largest absolute Gasteiger partial charge is 0.448 e. The van der Waals surface area contributed by atoms with Crippen LogP contribution in [0.3, 0.4) is 0 Å². The van der Waals surface area contributed by atoms with Crippen LogP contribution in [0.25, 0.3) is 10.6 Å². The quantitative estimate of drug-likeness (QED) is 0.745. The van der Waals surface area contributed by atoms with E-state index in [1.165, 1.54) is 11.3 Å². The van der Waals surface area contributed by atoms with Gasteiger partial charge in [0.2, 0.25) is 0 Å². The molecule has 1 fully saturated rings. The Hall–Kier alpha value is -1.96. The number of morpholine rings is 1. The van der Waals surface area contributed by atoms with Crippen LogP contribution >= 0.6 is 22.9 Å². The molecule has 1 atom stereocenters. The van der Waals surface area contributed by atoms with Crippen molar-refractivity contribution in [1.82, 2.24) is 9.88 Å². The molecule has 0 radical (unpaired) electrons. The molecule has 1 aliphatic rings. The Balaban J connectivity index is 1.69. The summed E-state index contributed by atoms with van der Waals surface area (Å²) >= 11 is 7.14. The first-order chi connectivity index (χ1) is 12.5. The SMILES string of the molecule is Cc1nc(-c2ccc(Cl)cc2)sc1C(=O)OC(C)C(=O)N1CCOCC1. The van der Waals surface area contributed by atoms with Gasteiger partial charge in [-0.25, -0.2) is 9.78 Å². The lowest BCUT2D eigenvalue weighted by atomic mass is 10.2. The third-order valence-electron chi connectivity index (χ3n) is 4.03. The summed E-state index contributed by atoms with van der Waals surface area (Å²) in [7, 11) is 0. The first-order valence-corrected chi connectivity index (χ1v) is 9.46. The summed E-state index contributed by atoms with van der Waals surface area (Å²) < 4.78 is 10.6. The molecule has 1 aliphatic heterocycles. The molecule has 1 aromatic heterocycles. The molecule has 6 nitrogen and oxygen atoms in total. The van der Waals surface area contributed by atoms with Gasteiger partial charge in [-0.3, -0.25) is 4.79 Å². The summed E-state index contributed by atoms with van der Waals surface area (Å²) in [4.78, 5) is 31.4. The van der Waals surface area contributed by atoms with Crippen molar-refractivity contribution in [1.29, 1.82) is 0 Å². The van der Waals surface area contributed by atoms with Crippen LogP contribution in [-0.4, -0.2) is 54.2 Å². The number of hydrogen-bond donors (Lipinski definition) is 0. The highest BCUT2D eigenvalue weighted by Gasteiger charge is 2.27. The van der Waals surface area contributed by atoms with Crippen LogP contribution in [0.15, 0.2) is 24.3 Å². The maximum absolute atomic E-state index is 12.5. The lowest BCUT2D eigenvalue weighted by molar-refractivity contribution is -0.143. The molecule has 26 heavy (non-hydrogen) atoms. The van der Waals surface area contributed by atoms with Gasteiger partial charge in [-0.2, -0.15) is 0 Å². The molecule has 3 rings (SSSR count). The summed E-state index contributed by atoms with van der Waals surface area (Å²) in [6.07, 6.45) is -0.846. The summed E-state index contributed by atoms with van der Waals surface area (Å²) in [6, 6.07) is 7.24. The predicted octanol–water partition coefficient (Wildman–Crippen LogP) is 3.18. The van der Waals surface area contributed by atoms with Gasteiger partial charge in [-0.1, -0.05) is 23.7 Å². The van der Waals surface area contributed by atoms with Crippen molar-refractivity contribution in [3.05, 3.63) is 39.9 Å². The van der Waals surface area contributed by atoms with E-state index in [4.69, 9.17) is 21.1 Å². The normalized spacial score (nSPS) is 15.6. The van der Waals surface area contributed by atoms with Gasteiger partial charge in [0.05, 0.1) is 18.9 Å². The second-order valence-electron chi connectivity index (χ2n) is 5.93. The Morgan fingerprint density at radius 3 is 2.58 bits per heavy atom. The number of rotatable bonds is 4. The lowest BCUT2D eigenvalue weighted by Crippen LogP contribution is -2.46. The number of amides is 1. The van der Waals surface area contributed by atoms with Crippen molar-refractivity contribution in [2.75, 3.05) is 26.3 Å². The van der Waals surface area contributed by atoms with E-state index in [0.717, 1.165) is 5.56 Å². The molecule has 8 heteroatoms. The van der Waals surface area contributed by atoms with Gasteiger partial charge < -0.3 is 14.4 Å². The molecule has 0 spiro atoms. The fourth-order valence-corrected chi connectivity index (χ4v) is 3.69. The van der Waals surface area contributed by atoms with Crippen molar-refractivity contribution in [3.8, 4) is 10.6 Å². The van der Waals surface area contributed by atoms with Crippen molar-refractivity contribution in [2.45, 2.75) is 20.0 Å². The van der Waals surface area contributed by atoms with E-state index in [1.807, 2.05) is 12.1 Å². The van der Waals surface area contributed by atoms with Crippen molar-refractivity contribution >= 4 is 34.8 Å². The van der Waals surface area contributed by atoms with Crippen LogP contribution in [0.5, 0.6) is 0 Å². The molecule has 0 N–H and O–H groups in total. The maximum atomic E-state index is 12.5. The number of benzene rings is 1. The van der Waals surface area contributed by atoms with E-state index < -0.39 is 12.1 Å². The topological polar surface area (TPSA) is 68.7 Å². The fourth-order valence-electron chi connectivity index (χ4n) is 2.61. The number of ether oxygens (including phenoxy) is 2. The summed E-state index contributed by atoms with van der Waals surface area (Å²) in [5, 5.41) is 1.34. The van der Waals surface area contributed by atoms with Gasteiger partial charge in [0.1, 0.15) is 9.88 Å². The molecule has 0 aliphatic carbocycles. The summed E-state index contributed by atoms with van der Waals surface area (Å²) in [5.41, 5.74) is 1.45. The molecule has 1 amide bonds. The number of hydrogen-bond acceptors (Lipinski definition) is 6. The Labute approximate surface area is 160 Å². The number of halogens is 1. The third-order valence-corrected chi connectivity index (χ3v) is 5.47. The first kappa shape index (κ1) is 18.8. The number of carbonyl (C=O) groups is 2. The van der Waals surface area contributed by atoms with E-state index in [9.17, 15) is 9.59 Å². The number of esters is 1. The number of aryl methyl sites for hydroxylation is 1. The first-order valence-electron chi connectivity index (χ1n) is 8.26. The van der Waals surface area contributed by atoms with Crippen molar-refractivity contribution in [3.63, 3.8) is 0 Å². The Morgan fingerprint density at radius 2 is 1.92 bits per heavy atom. The smallest absolute Gasteiger partial charge is 0.351 e. The zero-order valence-electron chi connectivity index (χ0n) is 14.5. The molecule has 1 unspecified atom stereocenters. The Morgan fingerprint density at radius 1 is 1.27 bits per heavy atom. The fraction of sp³-hybridized carbons (Fsp3) is 0.389. The van der Waals surface area contributed by atoms with Gasteiger partial charge in [-0.05, 0) is 26.0 Å². The van der Waals surface area contributed by atoms with E-state index in [1.54, 1.807) is 30.9 Å². The Bertz CT molecular complexity index is 800. The monoisotopic (exact) mass is 394 g/mol. The molecular weight excluding hydrogens is 376 g/mol. The number of thiazole rings is 1. The number of nitrogens with zero attached hydrogens (tertiary/aromatic N) is 2. The van der Waals surface area contributed by atoms with E-state index in [2.05, 4.69) is 4.98 Å². The molecule has 1 aromatic carbocycles. The van der Waals surface area contributed by atoms with Gasteiger partial charge in [-0.15, -0.1) is 11.3 Å². The zero-order valence-corrected chi connectivity index (χ0v) is 16.1. The van der Waals surface area contributed by atoms with Gasteiger partial charge in [0, 0.05) is 23.7 Å². The highest BCUT2D eigenvalue weighted by molar-refractivity contribution is 7.17. The molecule has 2 heterocycles. The molecule has 0 bridgehead atoms. The minimum absolute atomic E-state index is 0.207. The standard InChI is InChI=1S/C18H19ClN2O4S/c1-11-15(26-16(20-11)13-3-5-14(19)6-4-13)18(23)25-12(2)17(22)21-7-9-24-10-8-21/h3-6,12H,7-10H2,1-2H3. The van der Waals surface area contributed by atoms with E-state index in [0.29, 0.717) is 46.9 Å². The number of carbonyl (C=O) groups excluding carboxylic acids is 2. The zero-order chi connectivity index (χ0) is 18.7. The average molecular weight is 395 g/mol. The second-order valence-corrected chi connectivity index (χ2v) is 7.36. The number of aromatic nitrogens is 1. The van der Waals surface area contributed by atoms with Gasteiger partial charge in [0.25, 0.3) is 5.91 Å². The van der Waals surface area contributed by atoms with Crippen molar-refractivity contribution < 1.29 is 19.1 Å². The minimum atomic E-state index is -0.846. The third kappa shape index (κ3) is 4.23. The van der Waals surface area contributed by atoms with Gasteiger partial charge >= 0.3 is 5.97 Å². The Kier molecular flexibility index (Phi) is 5.90. The highest BCUT2D eigenvalue weighted by Crippen LogP contribution is 2.29. The lowest BCUT2D eigenvalue weighted by Gasteiger charge is -2.28. The average Bonchev–Trinajstić information content (AvgIpc) is 3.04. The summed E-state index contributed by atoms with van der Waals surface area (Å²) in [5.74, 6) is -0.740.